The molecular formula is C30H40F2N2O2S. The van der Waals surface area contributed by atoms with Crippen LogP contribution in [-0.4, -0.2) is 59.6 Å². The van der Waals surface area contributed by atoms with Crippen molar-refractivity contribution in [2.75, 3.05) is 32.7 Å². The van der Waals surface area contributed by atoms with Crippen molar-refractivity contribution in [1.29, 1.82) is 0 Å². The van der Waals surface area contributed by atoms with Crippen LogP contribution in [0.3, 0.4) is 0 Å². The third-order valence-corrected chi connectivity index (χ3v) is 9.91. The van der Waals surface area contributed by atoms with E-state index in [0.29, 0.717) is 23.7 Å². The van der Waals surface area contributed by atoms with Gasteiger partial charge in [0, 0.05) is 25.6 Å². The molecule has 1 aliphatic carbocycles. The largest absolute Gasteiger partial charge is 0.480 e. The Morgan fingerprint density at radius 1 is 1.05 bits per heavy atom. The molecule has 3 heterocycles. The Morgan fingerprint density at radius 3 is 2.51 bits per heavy atom. The molecule has 2 saturated heterocycles. The monoisotopic (exact) mass is 530 g/mol. The van der Waals surface area contributed by atoms with Crippen LogP contribution < -0.4 is 0 Å². The van der Waals surface area contributed by atoms with Gasteiger partial charge in [-0.25, -0.2) is 8.78 Å². The number of hydrogen-bond donors (Lipinski definition) is 1. The van der Waals surface area contributed by atoms with Gasteiger partial charge in [0.1, 0.15) is 6.04 Å². The molecule has 3 aliphatic rings. The molecule has 202 valence electrons. The van der Waals surface area contributed by atoms with Crippen molar-refractivity contribution in [3.05, 3.63) is 57.8 Å². The minimum absolute atomic E-state index is 0.350. The Kier molecular flexibility index (Phi) is 8.93. The summed E-state index contributed by atoms with van der Waals surface area (Å²) in [6.07, 6.45) is 9.70. The fraction of sp³-hybridized carbons (Fsp3) is 0.633. The predicted molar refractivity (Wildman–Crippen MR) is 144 cm³/mol. The summed E-state index contributed by atoms with van der Waals surface area (Å²) in [5, 5.41) is 14.4. The van der Waals surface area contributed by atoms with Crippen molar-refractivity contribution in [2.24, 2.45) is 17.8 Å². The van der Waals surface area contributed by atoms with E-state index in [4.69, 9.17) is 0 Å². The van der Waals surface area contributed by atoms with Crippen LogP contribution in [0.5, 0.6) is 0 Å². The lowest BCUT2D eigenvalue weighted by Crippen LogP contribution is -2.43. The smallest absolute Gasteiger partial charge is 0.320 e. The van der Waals surface area contributed by atoms with Gasteiger partial charge in [0.15, 0.2) is 11.6 Å². The van der Waals surface area contributed by atoms with Gasteiger partial charge in [-0.15, -0.1) is 0 Å². The molecular weight excluding hydrogens is 490 g/mol. The first-order valence-corrected chi connectivity index (χ1v) is 15.1. The lowest BCUT2D eigenvalue weighted by atomic mass is 9.80. The molecule has 0 radical (unpaired) electrons. The first-order chi connectivity index (χ1) is 18.0. The second-order valence-electron chi connectivity index (χ2n) is 11.6. The average Bonchev–Trinajstić information content (AvgIpc) is 3.52. The molecule has 5 rings (SSSR count). The fourth-order valence-electron chi connectivity index (χ4n) is 6.74. The second-order valence-corrected chi connectivity index (χ2v) is 12.4. The maximum absolute atomic E-state index is 13.5. The number of carbonyl (C=O) groups is 1. The van der Waals surface area contributed by atoms with Gasteiger partial charge in [-0.05, 0) is 103 Å². The summed E-state index contributed by atoms with van der Waals surface area (Å²) in [5.41, 5.74) is 2.25. The summed E-state index contributed by atoms with van der Waals surface area (Å²) in [5.74, 6) is -0.0461. The first-order valence-electron chi connectivity index (χ1n) is 14.1. The molecule has 3 fully saturated rings. The van der Waals surface area contributed by atoms with E-state index in [1.54, 1.807) is 17.4 Å². The van der Waals surface area contributed by atoms with Gasteiger partial charge in [0.2, 0.25) is 0 Å². The van der Waals surface area contributed by atoms with Crippen molar-refractivity contribution >= 4 is 17.3 Å². The van der Waals surface area contributed by atoms with Gasteiger partial charge in [-0.3, -0.25) is 9.69 Å². The number of thiophene rings is 1. The number of nitrogens with zero attached hydrogens (tertiary/aromatic N) is 2. The lowest BCUT2D eigenvalue weighted by Gasteiger charge is -2.35. The third-order valence-electron chi connectivity index (χ3n) is 9.21. The predicted octanol–water partition coefficient (Wildman–Crippen LogP) is 6.42. The summed E-state index contributed by atoms with van der Waals surface area (Å²) >= 11 is 1.73. The van der Waals surface area contributed by atoms with Crippen LogP contribution in [0.2, 0.25) is 0 Å². The normalized spacial score (nSPS) is 24.8. The molecule has 3 unspecified atom stereocenters. The molecule has 2 aromatic rings. The van der Waals surface area contributed by atoms with Crippen molar-refractivity contribution in [3.63, 3.8) is 0 Å². The Labute approximate surface area is 223 Å². The number of aryl methyl sites for hydroxylation is 1. The molecule has 0 spiro atoms. The standard InChI is InChI=1S/C30H40F2N2O2S/c31-27-8-7-23(15-28(27)32)6-1-3-21-9-12-33(13-10-21)17-25-18-34(19-26(25)24-11-14-37-20-24)29(30(35)36)16-22-4-2-5-22/h7-8,11,14-15,20-22,25-26,29H,1-6,9-10,12-13,16-19H2,(H,35,36). The fourth-order valence-corrected chi connectivity index (χ4v) is 7.46. The zero-order valence-electron chi connectivity index (χ0n) is 21.7. The topological polar surface area (TPSA) is 43.8 Å². The Morgan fingerprint density at radius 2 is 1.86 bits per heavy atom. The number of hydrogen-bond acceptors (Lipinski definition) is 4. The van der Waals surface area contributed by atoms with Crippen molar-refractivity contribution < 1.29 is 18.7 Å². The number of likely N-dealkylation sites (tertiary alicyclic amines) is 2. The molecule has 3 atom stereocenters. The zero-order valence-corrected chi connectivity index (χ0v) is 22.5. The van der Waals surface area contributed by atoms with E-state index in [0.717, 1.165) is 64.0 Å². The van der Waals surface area contributed by atoms with Gasteiger partial charge in [0.25, 0.3) is 0 Å². The van der Waals surface area contributed by atoms with Crippen LogP contribution in [0.4, 0.5) is 8.78 Å². The van der Waals surface area contributed by atoms with Crippen LogP contribution in [0.15, 0.2) is 35.0 Å². The zero-order chi connectivity index (χ0) is 25.8. The average molecular weight is 531 g/mol. The van der Waals surface area contributed by atoms with E-state index in [1.807, 2.05) is 0 Å². The number of halogens is 2. The van der Waals surface area contributed by atoms with Crippen molar-refractivity contribution in [3.8, 4) is 0 Å². The minimum atomic E-state index is -0.778. The van der Waals surface area contributed by atoms with Gasteiger partial charge >= 0.3 is 5.97 Å². The molecule has 1 N–H and O–H groups in total. The molecule has 1 aromatic heterocycles. The maximum atomic E-state index is 13.5. The highest BCUT2D eigenvalue weighted by Gasteiger charge is 2.41. The van der Waals surface area contributed by atoms with Crippen molar-refractivity contribution in [2.45, 2.75) is 69.7 Å². The van der Waals surface area contributed by atoms with Gasteiger partial charge in [-0.1, -0.05) is 31.7 Å². The molecule has 0 bridgehead atoms. The minimum Gasteiger partial charge on any atom is -0.480 e. The lowest BCUT2D eigenvalue weighted by molar-refractivity contribution is -0.144. The van der Waals surface area contributed by atoms with E-state index < -0.39 is 17.6 Å². The quantitative estimate of drug-likeness (QED) is 0.364. The van der Waals surface area contributed by atoms with E-state index >= 15 is 0 Å². The van der Waals surface area contributed by atoms with E-state index in [9.17, 15) is 18.7 Å². The summed E-state index contributed by atoms with van der Waals surface area (Å²) in [6.45, 7) is 4.94. The number of aliphatic carboxylic acids is 1. The Balaban J connectivity index is 1.12. The van der Waals surface area contributed by atoms with Gasteiger partial charge < -0.3 is 10.0 Å². The van der Waals surface area contributed by atoms with Crippen LogP contribution in [0.1, 0.15) is 68.4 Å². The van der Waals surface area contributed by atoms with Crippen LogP contribution >= 0.6 is 11.3 Å². The summed E-state index contributed by atoms with van der Waals surface area (Å²) in [6, 6.07) is 6.12. The summed E-state index contributed by atoms with van der Waals surface area (Å²) in [7, 11) is 0. The van der Waals surface area contributed by atoms with E-state index in [1.165, 1.54) is 49.8 Å². The van der Waals surface area contributed by atoms with E-state index in [-0.39, 0.29) is 6.04 Å². The first kappa shape index (κ1) is 26.8. The van der Waals surface area contributed by atoms with Crippen LogP contribution in [-0.2, 0) is 11.2 Å². The SMILES string of the molecule is O=C(O)C(CC1CCC1)N1CC(CN2CCC(CCCc3ccc(F)c(F)c3)CC2)C(c2ccsc2)C1. The van der Waals surface area contributed by atoms with Gasteiger partial charge in [-0.2, -0.15) is 11.3 Å². The van der Waals surface area contributed by atoms with E-state index in [2.05, 4.69) is 26.6 Å². The number of carboxylic acid groups (broad SMARTS) is 1. The molecule has 2 aliphatic heterocycles. The Hall–Kier alpha value is -1.83. The number of piperidine rings is 1. The highest BCUT2D eigenvalue weighted by atomic mass is 32.1. The molecule has 4 nitrogen and oxygen atoms in total. The van der Waals surface area contributed by atoms with Crippen LogP contribution in [0, 0.1) is 29.4 Å². The number of rotatable bonds is 11. The number of benzene rings is 1. The molecule has 7 heteroatoms. The summed E-state index contributed by atoms with van der Waals surface area (Å²) < 4.78 is 26.6. The second kappa shape index (κ2) is 12.4. The highest BCUT2D eigenvalue weighted by Crippen LogP contribution is 2.39. The third kappa shape index (κ3) is 6.79. The van der Waals surface area contributed by atoms with Gasteiger partial charge in [0.05, 0.1) is 0 Å². The highest BCUT2D eigenvalue weighted by molar-refractivity contribution is 7.08. The van der Waals surface area contributed by atoms with Crippen molar-refractivity contribution in [1.82, 2.24) is 9.80 Å². The molecule has 1 saturated carbocycles. The molecule has 0 amide bonds. The summed E-state index contributed by atoms with van der Waals surface area (Å²) in [4.78, 5) is 17.1. The Bertz CT molecular complexity index is 1020. The number of carboxylic acids is 1. The molecule has 1 aromatic carbocycles. The maximum Gasteiger partial charge on any atom is 0.320 e. The molecule has 37 heavy (non-hydrogen) atoms. The van der Waals surface area contributed by atoms with Crippen LogP contribution in [0.25, 0.3) is 0 Å².